The lowest BCUT2D eigenvalue weighted by molar-refractivity contribution is -0.145. The fourth-order valence-corrected chi connectivity index (χ4v) is 5.21. The molecule has 0 radical (unpaired) electrons. The number of carboxylic acid groups (broad SMARTS) is 1. The van der Waals surface area contributed by atoms with Gasteiger partial charge in [-0.3, -0.25) is 9.59 Å². The zero-order valence-corrected chi connectivity index (χ0v) is 19.1. The Morgan fingerprint density at radius 3 is 2.12 bits per heavy atom. The van der Waals surface area contributed by atoms with Gasteiger partial charge in [0.1, 0.15) is 6.61 Å². The SMILES string of the molecule is O=C(NCC1(C(=O)NCC(C(=O)O)C2CCC2)CC1)OCC1c2ccccc2-c2ccccc21. The molecule has 0 saturated heterocycles. The molecule has 1 unspecified atom stereocenters. The standard InChI is InChI=1S/C27H30N2O5/c30-24(31)22(17-6-5-7-17)14-28-25(32)27(12-13-27)16-29-26(33)34-15-23-20-10-3-1-8-18(20)19-9-2-4-11-21(19)23/h1-4,8-11,17,22-23H,5-7,12-16H2,(H,28,32)(H,29,33)(H,30,31). The Morgan fingerprint density at radius 1 is 0.971 bits per heavy atom. The predicted octanol–water partition coefficient (Wildman–Crippen LogP) is 3.92. The van der Waals surface area contributed by atoms with Gasteiger partial charge in [0.15, 0.2) is 0 Å². The third kappa shape index (κ3) is 4.27. The van der Waals surface area contributed by atoms with Crippen molar-refractivity contribution in [3.63, 3.8) is 0 Å². The predicted molar refractivity (Wildman–Crippen MR) is 126 cm³/mol. The molecular weight excluding hydrogens is 432 g/mol. The van der Waals surface area contributed by atoms with Crippen LogP contribution in [0.15, 0.2) is 48.5 Å². The average molecular weight is 463 g/mol. The van der Waals surface area contributed by atoms with Crippen molar-refractivity contribution < 1.29 is 24.2 Å². The zero-order valence-electron chi connectivity index (χ0n) is 19.1. The molecule has 2 amide bonds. The average Bonchev–Trinajstić information content (AvgIpc) is 3.54. The lowest BCUT2D eigenvalue weighted by atomic mass is 9.76. The normalized spacial score (nSPS) is 18.7. The van der Waals surface area contributed by atoms with Crippen molar-refractivity contribution >= 4 is 18.0 Å². The number of fused-ring (bicyclic) bond motifs is 3. The highest BCUT2D eigenvalue weighted by Crippen LogP contribution is 2.46. The van der Waals surface area contributed by atoms with Crippen LogP contribution in [0, 0.1) is 17.3 Å². The Morgan fingerprint density at radius 2 is 1.59 bits per heavy atom. The maximum atomic E-state index is 12.7. The first-order valence-corrected chi connectivity index (χ1v) is 12.1. The van der Waals surface area contributed by atoms with Crippen LogP contribution in [0.3, 0.4) is 0 Å². The number of carbonyl (C=O) groups excluding carboxylic acids is 2. The van der Waals surface area contributed by atoms with Gasteiger partial charge in [0.2, 0.25) is 5.91 Å². The van der Waals surface area contributed by atoms with Crippen LogP contribution in [0.5, 0.6) is 0 Å². The Hall–Kier alpha value is -3.35. The number of benzene rings is 2. The third-order valence-electron chi connectivity index (χ3n) is 7.77. The quantitative estimate of drug-likeness (QED) is 0.524. The van der Waals surface area contributed by atoms with E-state index in [-0.39, 0.29) is 37.4 Å². The van der Waals surface area contributed by atoms with Crippen molar-refractivity contribution in [2.75, 3.05) is 19.7 Å². The van der Waals surface area contributed by atoms with Gasteiger partial charge in [0.25, 0.3) is 0 Å². The molecule has 5 rings (SSSR count). The van der Waals surface area contributed by atoms with Crippen molar-refractivity contribution in [1.82, 2.24) is 10.6 Å². The van der Waals surface area contributed by atoms with Crippen LogP contribution < -0.4 is 10.6 Å². The molecule has 3 aliphatic rings. The van der Waals surface area contributed by atoms with E-state index in [2.05, 4.69) is 34.9 Å². The van der Waals surface area contributed by atoms with E-state index >= 15 is 0 Å². The molecule has 178 valence electrons. The van der Waals surface area contributed by atoms with Crippen molar-refractivity contribution in [3.05, 3.63) is 59.7 Å². The van der Waals surface area contributed by atoms with Crippen LogP contribution in [0.2, 0.25) is 0 Å². The summed E-state index contributed by atoms with van der Waals surface area (Å²) in [7, 11) is 0. The number of hydrogen-bond donors (Lipinski definition) is 3. The minimum atomic E-state index is -0.855. The van der Waals surface area contributed by atoms with Crippen LogP contribution in [-0.2, 0) is 14.3 Å². The molecule has 0 aliphatic heterocycles. The highest BCUT2D eigenvalue weighted by Gasteiger charge is 2.50. The van der Waals surface area contributed by atoms with Gasteiger partial charge in [0.05, 0.1) is 11.3 Å². The first-order valence-electron chi connectivity index (χ1n) is 12.1. The van der Waals surface area contributed by atoms with E-state index < -0.39 is 23.4 Å². The van der Waals surface area contributed by atoms with Gasteiger partial charge in [-0.25, -0.2) is 4.79 Å². The Labute approximate surface area is 198 Å². The van der Waals surface area contributed by atoms with Gasteiger partial charge < -0.3 is 20.5 Å². The van der Waals surface area contributed by atoms with E-state index in [1.165, 1.54) is 11.1 Å². The molecule has 34 heavy (non-hydrogen) atoms. The smallest absolute Gasteiger partial charge is 0.407 e. The fraction of sp³-hybridized carbons (Fsp3) is 0.444. The molecule has 0 spiro atoms. The highest BCUT2D eigenvalue weighted by molar-refractivity contribution is 5.86. The summed E-state index contributed by atoms with van der Waals surface area (Å²) >= 11 is 0. The maximum absolute atomic E-state index is 12.7. The molecule has 7 heteroatoms. The lowest BCUT2D eigenvalue weighted by Gasteiger charge is -2.31. The summed E-state index contributed by atoms with van der Waals surface area (Å²) in [5, 5.41) is 15.0. The van der Waals surface area contributed by atoms with Gasteiger partial charge in [-0.05, 0) is 53.9 Å². The van der Waals surface area contributed by atoms with E-state index in [9.17, 15) is 19.5 Å². The number of aliphatic carboxylic acids is 1. The molecule has 7 nitrogen and oxygen atoms in total. The molecule has 0 bridgehead atoms. The topological polar surface area (TPSA) is 105 Å². The highest BCUT2D eigenvalue weighted by atomic mass is 16.5. The van der Waals surface area contributed by atoms with Crippen molar-refractivity contribution in [1.29, 1.82) is 0 Å². The summed E-state index contributed by atoms with van der Waals surface area (Å²) in [6, 6.07) is 16.3. The largest absolute Gasteiger partial charge is 0.481 e. The molecule has 2 saturated carbocycles. The molecule has 0 heterocycles. The first kappa shape index (κ1) is 22.4. The van der Waals surface area contributed by atoms with Gasteiger partial charge >= 0.3 is 12.1 Å². The van der Waals surface area contributed by atoms with E-state index in [0.29, 0.717) is 12.8 Å². The molecule has 2 aromatic rings. The molecule has 3 aliphatic carbocycles. The van der Waals surface area contributed by atoms with Crippen LogP contribution >= 0.6 is 0 Å². The van der Waals surface area contributed by atoms with Crippen LogP contribution in [0.25, 0.3) is 11.1 Å². The van der Waals surface area contributed by atoms with Crippen molar-refractivity contribution in [2.45, 2.75) is 38.0 Å². The van der Waals surface area contributed by atoms with Gasteiger partial charge in [-0.15, -0.1) is 0 Å². The number of amides is 2. The Kier molecular flexibility index (Phi) is 6.02. The summed E-state index contributed by atoms with van der Waals surface area (Å²) < 4.78 is 5.57. The fourth-order valence-electron chi connectivity index (χ4n) is 5.21. The number of carboxylic acids is 1. The molecule has 3 N–H and O–H groups in total. The second-order valence-corrected chi connectivity index (χ2v) is 9.81. The summed E-state index contributed by atoms with van der Waals surface area (Å²) in [4.78, 5) is 36.7. The monoisotopic (exact) mass is 462 g/mol. The number of nitrogens with one attached hydrogen (secondary N) is 2. The first-order chi connectivity index (χ1) is 16.5. The van der Waals surface area contributed by atoms with Crippen LogP contribution in [0.4, 0.5) is 4.79 Å². The second kappa shape index (κ2) is 9.12. The zero-order chi connectivity index (χ0) is 23.7. The minimum absolute atomic E-state index is 0.0178. The minimum Gasteiger partial charge on any atom is -0.481 e. The van der Waals surface area contributed by atoms with Gasteiger partial charge in [-0.1, -0.05) is 55.0 Å². The Balaban J connectivity index is 1.13. The van der Waals surface area contributed by atoms with Gasteiger partial charge in [-0.2, -0.15) is 0 Å². The molecular formula is C27H30N2O5. The second-order valence-electron chi connectivity index (χ2n) is 9.81. The summed E-state index contributed by atoms with van der Waals surface area (Å²) in [6.45, 7) is 0.558. The summed E-state index contributed by atoms with van der Waals surface area (Å²) in [6.07, 6.45) is 3.66. The Bertz CT molecular complexity index is 1060. The number of carbonyl (C=O) groups is 3. The van der Waals surface area contributed by atoms with Gasteiger partial charge in [0, 0.05) is 19.0 Å². The van der Waals surface area contributed by atoms with Crippen LogP contribution in [-0.4, -0.2) is 42.8 Å². The van der Waals surface area contributed by atoms with Crippen LogP contribution in [0.1, 0.15) is 49.1 Å². The number of rotatable bonds is 9. The van der Waals surface area contributed by atoms with E-state index in [1.54, 1.807) is 0 Å². The van der Waals surface area contributed by atoms with E-state index in [0.717, 1.165) is 30.4 Å². The molecule has 0 aromatic heterocycles. The van der Waals surface area contributed by atoms with Crippen molar-refractivity contribution in [3.8, 4) is 11.1 Å². The van der Waals surface area contributed by atoms with Crippen molar-refractivity contribution in [2.24, 2.45) is 17.3 Å². The molecule has 1 atom stereocenters. The third-order valence-corrected chi connectivity index (χ3v) is 7.77. The maximum Gasteiger partial charge on any atom is 0.407 e. The number of hydrogen-bond acceptors (Lipinski definition) is 4. The lowest BCUT2D eigenvalue weighted by Crippen LogP contribution is -2.45. The number of alkyl carbamates (subject to hydrolysis) is 1. The number of ether oxygens (including phenoxy) is 1. The van der Waals surface area contributed by atoms with E-state index in [1.807, 2.05) is 24.3 Å². The summed E-state index contributed by atoms with van der Waals surface area (Å²) in [5.74, 6) is -1.45. The summed E-state index contributed by atoms with van der Waals surface area (Å²) in [5.41, 5.74) is 3.97. The molecule has 2 aromatic carbocycles. The van der Waals surface area contributed by atoms with E-state index in [4.69, 9.17) is 4.74 Å². The molecule has 2 fully saturated rings.